The first kappa shape index (κ1) is 23.7. The number of halogens is 2. The van der Waals surface area contributed by atoms with Crippen molar-refractivity contribution in [3.8, 4) is 0 Å². The van der Waals surface area contributed by atoms with Crippen LogP contribution in [0.2, 0.25) is 5.02 Å². The minimum atomic E-state index is 0. The highest BCUT2D eigenvalue weighted by Crippen LogP contribution is 2.29. The van der Waals surface area contributed by atoms with Crippen molar-refractivity contribution < 1.29 is 0 Å². The molecule has 0 saturated carbocycles. The van der Waals surface area contributed by atoms with Gasteiger partial charge in [0.2, 0.25) is 0 Å². The second kappa shape index (κ2) is 12.9. The number of thioether (sulfide) groups is 1. The van der Waals surface area contributed by atoms with E-state index >= 15 is 0 Å². The highest BCUT2D eigenvalue weighted by molar-refractivity contribution is 14.0. The lowest BCUT2D eigenvalue weighted by Gasteiger charge is -2.21. The number of unbranched alkanes of at least 4 members (excludes halogenated alkanes) is 1. The molecule has 2 N–H and O–H groups in total. The summed E-state index contributed by atoms with van der Waals surface area (Å²) in [5.41, 5.74) is 2.56. The third-order valence-corrected chi connectivity index (χ3v) is 5.58. The quantitative estimate of drug-likeness (QED) is 0.235. The molecule has 0 spiro atoms. The molecule has 148 valence electrons. The average molecular weight is 511 g/mol. The molecule has 1 saturated heterocycles. The second-order valence-electron chi connectivity index (χ2n) is 6.61. The van der Waals surface area contributed by atoms with Crippen molar-refractivity contribution >= 4 is 59.0 Å². The Morgan fingerprint density at radius 2 is 2.15 bits per heavy atom. The minimum Gasteiger partial charge on any atom is -0.371 e. The van der Waals surface area contributed by atoms with E-state index in [0.29, 0.717) is 5.92 Å². The number of benzene rings is 1. The zero-order valence-corrected chi connectivity index (χ0v) is 20.0. The molecule has 26 heavy (non-hydrogen) atoms. The van der Waals surface area contributed by atoms with E-state index in [0.717, 1.165) is 37.2 Å². The molecule has 0 radical (unpaired) electrons. The van der Waals surface area contributed by atoms with Crippen LogP contribution in [0.15, 0.2) is 23.2 Å². The summed E-state index contributed by atoms with van der Waals surface area (Å²) in [6, 6.07) is 6.15. The van der Waals surface area contributed by atoms with Crippen molar-refractivity contribution in [1.29, 1.82) is 0 Å². The molecular formula is C19H32ClIN4S. The molecule has 7 heteroatoms. The van der Waals surface area contributed by atoms with Gasteiger partial charge in [-0.2, -0.15) is 11.8 Å². The maximum Gasteiger partial charge on any atom is 0.190 e. The molecule has 4 nitrogen and oxygen atoms in total. The third-order valence-electron chi connectivity index (χ3n) is 4.65. The Labute approximate surface area is 184 Å². The number of aryl methyl sites for hydroxylation is 1. The lowest BCUT2D eigenvalue weighted by atomic mass is 10.1. The summed E-state index contributed by atoms with van der Waals surface area (Å²) < 4.78 is 0. The molecule has 1 aliphatic rings. The van der Waals surface area contributed by atoms with Crippen molar-refractivity contribution in [3.63, 3.8) is 0 Å². The van der Waals surface area contributed by atoms with Crippen molar-refractivity contribution in [1.82, 2.24) is 10.6 Å². The van der Waals surface area contributed by atoms with Crippen LogP contribution >= 0.6 is 47.3 Å². The van der Waals surface area contributed by atoms with Gasteiger partial charge in [0.1, 0.15) is 0 Å². The molecule has 0 aliphatic carbocycles. The molecule has 0 aromatic heterocycles. The number of anilines is 1. The van der Waals surface area contributed by atoms with Crippen LogP contribution in [0.1, 0.15) is 24.8 Å². The Balaban J connectivity index is 0.00000338. The summed E-state index contributed by atoms with van der Waals surface area (Å²) in [7, 11) is 1.84. The van der Waals surface area contributed by atoms with Gasteiger partial charge in [-0.05, 0) is 61.8 Å². The lowest BCUT2D eigenvalue weighted by Crippen LogP contribution is -2.40. The van der Waals surface area contributed by atoms with Crippen LogP contribution in [0.3, 0.4) is 0 Å². The SMILES string of the molecule is CN=C(NCCCCSC)NCC1CCN(c2cc(Cl)ccc2C)C1.I. The fourth-order valence-electron chi connectivity index (χ4n) is 3.18. The molecule has 1 aromatic carbocycles. The Kier molecular flexibility index (Phi) is 11.8. The zero-order valence-electron chi connectivity index (χ0n) is 16.1. The van der Waals surface area contributed by atoms with Gasteiger partial charge in [-0.15, -0.1) is 24.0 Å². The van der Waals surface area contributed by atoms with Crippen LogP contribution in [-0.4, -0.2) is 51.2 Å². The molecule has 1 heterocycles. The van der Waals surface area contributed by atoms with E-state index in [1.807, 2.05) is 24.9 Å². The first-order valence-electron chi connectivity index (χ1n) is 9.08. The van der Waals surface area contributed by atoms with E-state index in [4.69, 9.17) is 11.6 Å². The predicted octanol–water partition coefficient (Wildman–Crippen LogP) is 4.40. The van der Waals surface area contributed by atoms with Gasteiger partial charge in [-0.25, -0.2) is 0 Å². The van der Waals surface area contributed by atoms with E-state index in [-0.39, 0.29) is 24.0 Å². The maximum absolute atomic E-state index is 6.17. The minimum absolute atomic E-state index is 0. The number of hydrogen-bond acceptors (Lipinski definition) is 3. The largest absolute Gasteiger partial charge is 0.371 e. The fourth-order valence-corrected chi connectivity index (χ4v) is 3.84. The molecule has 1 unspecified atom stereocenters. The topological polar surface area (TPSA) is 39.7 Å². The van der Waals surface area contributed by atoms with Crippen molar-refractivity contribution in [3.05, 3.63) is 28.8 Å². The van der Waals surface area contributed by atoms with E-state index in [9.17, 15) is 0 Å². The maximum atomic E-state index is 6.17. The van der Waals surface area contributed by atoms with Gasteiger partial charge in [-0.1, -0.05) is 17.7 Å². The first-order chi connectivity index (χ1) is 12.1. The Morgan fingerprint density at radius 1 is 1.35 bits per heavy atom. The molecule has 2 rings (SSSR count). The van der Waals surface area contributed by atoms with Crippen molar-refractivity contribution in [2.24, 2.45) is 10.9 Å². The van der Waals surface area contributed by atoms with Crippen LogP contribution in [0.25, 0.3) is 0 Å². The molecule has 1 aromatic rings. The van der Waals surface area contributed by atoms with Crippen molar-refractivity contribution in [2.75, 3.05) is 50.1 Å². The molecule has 0 bridgehead atoms. The predicted molar refractivity (Wildman–Crippen MR) is 129 cm³/mol. The van der Waals surface area contributed by atoms with Gasteiger partial charge >= 0.3 is 0 Å². The standard InChI is InChI=1S/C19H31ClN4S.HI/c1-15-6-7-17(20)12-18(15)24-10-8-16(14-24)13-23-19(21-2)22-9-4-5-11-25-3;/h6-7,12,16H,4-5,8-11,13-14H2,1-3H3,(H2,21,22,23);1H. The lowest BCUT2D eigenvalue weighted by molar-refractivity contribution is 0.565. The smallest absolute Gasteiger partial charge is 0.190 e. The summed E-state index contributed by atoms with van der Waals surface area (Å²) in [4.78, 5) is 6.78. The van der Waals surface area contributed by atoms with Crippen LogP contribution < -0.4 is 15.5 Å². The molecule has 1 atom stereocenters. The van der Waals surface area contributed by atoms with Gasteiger partial charge in [0.15, 0.2) is 5.96 Å². The number of guanidine groups is 1. The van der Waals surface area contributed by atoms with E-state index in [1.165, 1.54) is 36.3 Å². The number of nitrogens with zero attached hydrogens (tertiary/aromatic N) is 2. The van der Waals surface area contributed by atoms with Crippen LogP contribution in [0, 0.1) is 12.8 Å². The van der Waals surface area contributed by atoms with E-state index in [1.54, 1.807) is 0 Å². The van der Waals surface area contributed by atoms with Crippen LogP contribution in [-0.2, 0) is 0 Å². The Hall–Kier alpha value is -0.340. The van der Waals surface area contributed by atoms with Crippen LogP contribution in [0.4, 0.5) is 5.69 Å². The zero-order chi connectivity index (χ0) is 18.1. The Morgan fingerprint density at radius 3 is 2.88 bits per heavy atom. The summed E-state index contributed by atoms with van der Waals surface area (Å²) in [5, 5.41) is 7.70. The fraction of sp³-hybridized carbons (Fsp3) is 0.632. The van der Waals surface area contributed by atoms with Gasteiger partial charge in [-0.3, -0.25) is 4.99 Å². The van der Waals surface area contributed by atoms with Gasteiger partial charge in [0.05, 0.1) is 0 Å². The normalized spacial score (nSPS) is 17.2. The van der Waals surface area contributed by atoms with Gasteiger partial charge in [0, 0.05) is 43.9 Å². The summed E-state index contributed by atoms with van der Waals surface area (Å²) >= 11 is 8.08. The van der Waals surface area contributed by atoms with Gasteiger partial charge < -0.3 is 15.5 Å². The average Bonchev–Trinajstić information content (AvgIpc) is 3.08. The van der Waals surface area contributed by atoms with Crippen molar-refractivity contribution in [2.45, 2.75) is 26.2 Å². The monoisotopic (exact) mass is 510 g/mol. The first-order valence-corrected chi connectivity index (χ1v) is 10.9. The summed E-state index contributed by atoms with van der Waals surface area (Å²) in [5.74, 6) is 2.78. The number of aliphatic imine (C=N–C) groups is 1. The summed E-state index contributed by atoms with van der Waals surface area (Å²) in [6.07, 6.45) is 5.79. The number of hydrogen-bond donors (Lipinski definition) is 2. The second-order valence-corrected chi connectivity index (χ2v) is 8.03. The van der Waals surface area contributed by atoms with Gasteiger partial charge in [0.25, 0.3) is 0 Å². The summed E-state index contributed by atoms with van der Waals surface area (Å²) in [6.45, 7) is 6.26. The molecule has 0 amide bonds. The van der Waals surface area contributed by atoms with E-state index in [2.05, 4.69) is 45.8 Å². The molecule has 1 fully saturated rings. The van der Waals surface area contributed by atoms with Crippen LogP contribution in [0.5, 0.6) is 0 Å². The molecular weight excluding hydrogens is 479 g/mol. The third kappa shape index (κ3) is 7.72. The highest BCUT2D eigenvalue weighted by Gasteiger charge is 2.23. The van der Waals surface area contributed by atoms with E-state index < -0.39 is 0 Å². The number of nitrogens with one attached hydrogen (secondary N) is 2. The molecule has 1 aliphatic heterocycles. The Bertz CT molecular complexity index is 570. The highest BCUT2D eigenvalue weighted by atomic mass is 127. The number of rotatable bonds is 8.